The van der Waals surface area contributed by atoms with E-state index in [-0.39, 0.29) is 18.4 Å². The standard InChI is InChI=1S/C27H29N5O4S/c1-18(2)14-15-28-26(34)25(23-9-6-16-37-23)32(20-12-10-19(11-13-20)27(35)36-3)24(33)17-31-22-8-5-4-7-21(22)29-30-31/h4-13,16,18,25H,14-15,17H2,1-3H3,(H,28,34)/t25-/m1/s1. The summed E-state index contributed by atoms with van der Waals surface area (Å²) < 4.78 is 6.33. The van der Waals surface area contributed by atoms with E-state index in [1.807, 2.05) is 41.8 Å². The molecule has 2 amide bonds. The smallest absolute Gasteiger partial charge is 0.337 e. The second kappa shape index (κ2) is 11.8. The molecule has 0 radical (unpaired) electrons. The van der Waals surface area contributed by atoms with Gasteiger partial charge in [0.15, 0.2) is 0 Å². The Labute approximate surface area is 219 Å². The van der Waals surface area contributed by atoms with Gasteiger partial charge in [-0.25, -0.2) is 9.48 Å². The molecule has 0 unspecified atom stereocenters. The van der Waals surface area contributed by atoms with Gasteiger partial charge in [-0.1, -0.05) is 37.3 Å². The Hall–Kier alpha value is -4.05. The first-order chi connectivity index (χ1) is 17.9. The van der Waals surface area contributed by atoms with Crippen molar-refractivity contribution < 1.29 is 19.1 Å². The summed E-state index contributed by atoms with van der Waals surface area (Å²) in [6.45, 7) is 4.55. The zero-order chi connectivity index (χ0) is 26.4. The Morgan fingerprint density at radius 1 is 1.05 bits per heavy atom. The maximum absolute atomic E-state index is 13.9. The molecular weight excluding hydrogens is 490 g/mol. The molecule has 2 aromatic heterocycles. The molecule has 0 spiro atoms. The van der Waals surface area contributed by atoms with Gasteiger partial charge in [0.2, 0.25) is 11.8 Å². The van der Waals surface area contributed by atoms with Crippen LogP contribution < -0.4 is 10.2 Å². The number of benzene rings is 2. The number of fused-ring (bicyclic) bond motifs is 1. The SMILES string of the molecule is COC(=O)c1ccc(N(C(=O)Cn2nnc3ccccc32)[C@@H](C(=O)NCCC(C)C)c2cccs2)cc1. The summed E-state index contributed by atoms with van der Waals surface area (Å²) in [5.41, 5.74) is 2.20. The highest BCUT2D eigenvalue weighted by molar-refractivity contribution is 7.10. The van der Waals surface area contributed by atoms with Gasteiger partial charge in [-0.2, -0.15) is 0 Å². The summed E-state index contributed by atoms with van der Waals surface area (Å²) in [5, 5.41) is 13.2. The predicted octanol–water partition coefficient (Wildman–Crippen LogP) is 4.22. The molecule has 2 heterocycles. The number of carbonyl (C=O) groups is 3. The van der Waals surface area contributed by atoms with E-state index in [2.05, 4.69) is 29.5 Å². The normalized spacial score (nSPS) is 11.9. The monoisotopic (exact) mass is 519 g/mol. The van der Waals surface area contributed by atoms with E-state index in [0.717, 1.165) is 11.3 Å². The molecule has 0 aliphatic rings. The summed E-state index contributed by atoms with van der Waals surface area (Å²) in [5.74, 6) is -0.694. The largest absolute Gasteiger partial charge is 0.465 e. The van der Waals surface area contributed by atoms with Crippen LogP contribution in [0.3, 0.4) is 0 Å². The van der Waals surface area contributed by atoms with Gasteiger partial charge in [-0.05, 0) is 60.2 Å². The van der Waals surface area contributed by atoms with E-state index in [9.17, 15) is 14.4 Å². The third kappa shape index (κ3) is 6.03. The first-order valence-corrected chi connectivity index (χ1v) is 12.9. The minimum absolute atomic E-state index is 0.125. The van der Waals surface area contributed by atoms with Crippen LogP contribution >= 0.6 is 11.3 Å². The van der Waals surface area contributed by atoms with Crippen molar-refractivity contribution >= 4 is 45.8 Å². The highest BCUT2D eigenvalue weighted by Gasteiger charge is 2.34. The summed E-state index contributed by atoms with van der Waals surface area (Å²) >= 11 is 1.40. The fraction of sp³-hybridized carbons (Fsp3) is 0.296. The van der Waals surface area contributed by atoms with E-state index in [1.165, 1.54) is 28.0 Å². The maximum atomic E-state index is 13.9. The van der Waals surface area contributed by atoms with Gasteiger partial charge in [0.25, 0.3) is 0 Å². The number of anilines is 1. The van der Waals surface area contributed by atoms with Crippen LogP contribution in [-0.2, 0) is 20.9 Å². The van der Waals surface area contributed by atoms with Gasteiger partial charge in [0, 0.05) is 17.1 Å². The fourth-order valence-electron chi connectivity index (χ4n) is 3.95. The van der Waals surface area contributed by atoms with Crippen LogP contribution in [0.5, 0.6) is 0 Å². The molecule has 1 N–H and O–H groups in total. The summed E-state index contributed by atoms with van der Waals surface area (Å²) in [7, 11) is 1.31. The van der Waals surface area contributed by atoms with Gasteiger partial charge < -0.3 is 10.1 Å². The Balaban J connectivity index is 1.73. The van der Waals surface area contributed by atoms with Crippen LogP contribution in [0.15, 0.2) is 66.0 Å². The van der Waals surface area contributed by atoms with E-state index >= 15 is 0 Å². The lowest BCUT2D eigenvalue weighted by molar-refractivity contribution is -0.126. The maximum Gasteiger partial charge on any atom is 0.337 e. The number of aromatic nitrogens is 3. The molecule has 9 nitrogen and oxygen atoms in total. The molecule has 4 aromatic rings. The Morgan fingerprint density at radius 2 is 1.81 bits per heavy atom. The number of esters is 1. The first kappa shape index (κ1) is 26.0. The van der Waals surface area contributed by atoms with E-state index in [4.69, 9.17) is 4.74 Å². The van der Waals surface area contributed by atoms with Crippen molar-refractivity contribution in [3.8, 4) is 0 Å². The van der Waals surface area contributed by atoms with Crippen LogP contribution in [-0.4, -0.2) is 46.4 Å². The van der Waals surface area contributed by atoms with Crippen LogP contribution in [0, 0.1) is 5.92 Å². The molecule has 0 fully saturated rings. The molecule has 4 rings (SSSR count). The molecule has 192 valence electrons. The van der Waals surface area contributed by atoms with Crippen LogP contribution in [0.1, 0.15) is 41.5 Å². The third-order valence-corrected chi connectivity index (χ3v) is 6.81. The van der Waals surface area contributed by atoms with Gasteiger partial charge in [0.05, 0.1) is 18.2 Å². The second-order valence-corrected chi connectivity index (χ2v) is 9.91. The average molecular weight is 520 g/mol. The summed E-state index contributed by atoms with van der Waals surface area (Å²) in [4.78, 5) is 41.7. The minimum Gasteiger partial charge on any atom is -0.465 e. The quantitative estimate of drug-likeness (QED) is 0.315. The number of nitrogens with one attached hydrogen (secondary N) is 1. The van der Waals surface area contributed by atoms with Gasteiger partial charge in [-0.3, -0.25) is 14.5 Å². The highest BCUT2D eigenvalue weighted by Crippen LogP contribution is 2.31. The van der Waals surface area contributed by atoms with Crippen LogP contribution in [0.2, 0.25) is 0 Å². The number of nitrogens with zero attached hydrogens (tertiary/aromatic N) is 4. The molecule has 0 saturated carbocycles. The van der Waals surface area contributed by atoms with Crippen molar-refractivity contribution in [3.05, 3.63) is 76.5 Å². The number of para-hydroxylation sites is 1. The summed E-state index contributed by atoms with van der Waals surface area (Å²) in [6.07, 6.45) is 0.815. The molecule has 2 aromatic carbocycles. The fourth-order valence-corrected chi connectivity index (χ4v) is 4.77. The minimum atomic E-state index is -0.904. The zero-order valence-corrected chi connectivity index (χ0v) is 21.8. The van der Waals surface area contributed by atoms with Crippen molar-refractivity contribution in [3.63, 3.8) is 0 Å². The number of ether oxygens (including phenoxy) is 1. The summed E-state index contributed by atoms with van der Waals surface area (Å²) in [6, 6.07) is 16.6. The topological polar surface area (TPSA) is 106 Å². The number of hydrogen-bond donors (Lipinski definition) is 1. The number of amides is 2. The lowest BCUT2D eigenvalue weighted by Crippen LogP contribution is -2.45. The molecular formula is C27H29N5O4S. The van der Waals surface area contributed by atoms with Gasteiger partial charge in [-0.15, -0.1) is 16.4 Å². The Kier molecular flexibility index (Phi) is 8.29. The molecule has 0 bridgehead atoms. The molecule has 10 heteroatoms. The first-order valence-electron chi connectivity index (χ1n) is 12.0. The van der Waals surface area contributed by atoms with Crippen LogP contribution in [0.25, 0.3) is 11.0 Å². The van der Waals surface area contributed by atoms with Gasteiger partial charge >= 0.3 is 5.97 Å². The van der Waals surface area contributed by atoms with Crippen molar-refractivity contribution in [2.24, 2.45) is 5.92 Å². The van der Waals surface area contributed by atoms with Crippen molar-refractivity contribution in [1.82, 2.24) is 20.3 Å². The van der Waals surface area contributed by atoms with E-state index in [1.54, 1.807) is 24.3 Å². The third-order valence-electron chi connectivity index (χ3n) is 5.88. The molecule has 37 heavy (non-hydrogen) atoms. The number of thiophene rings is 1. The van der Waals surface area contributed by atoms with Gasteiger partial charge in [0.1, 0.15) is 18.1 Å². The van der Waals surface area contributed by atoms with Crippen LogP contribution in [0.4, 0.5) is 5.69 Å². The number of methoxy groups -OCH3 is 1. The predicted molar refractivity (Wildman–Crippen MR) is 142 cm³/mol. The zero-order valence-electron chi connectivity index (χ0n) is 21.0. The van der Waals surface area contributed by atoms with Crippen molar-refractivity contribution in [1.29, 1.82) is 0 Å². The molecule has 0 aliphatic carbocycles. The average Bonchev–Trinajstić information content (AvgIpc) is 3.57. The number of rotatable bonds is 10. The van der Waals surface area contributed by atoms with E-state index < -0.39 is 12.0 Å². The lowest BCUT2D eigenvalue weighted by atomic mass is 10.1. The number of hydrogen-bond acceptors (Lipinski definition) is 7. The van der Waals surface area contributed by atoms with E-state index in [0.29, 0.717) is 34.7 Å². The Bertz CT molecular complexity index is 1370. The van der Waals surface area contributed by atoms with Crippen molar-refractivity contribution in [2.75, 3.05) is 18.6 Å². The van der Waals surface area contributed by atoms with Crippen molar-refractivity contribution in [2.45, 2.75) is 32.9 Å². The second-order valence-electron chi connectivity index (χ2n) is 8.93. The molecule has 0 aliphatic heterocycles. The molecule has 1 atom stereocenters. The highest BCUT2D eigenvalue weighted by atomic mass is 32.1. The Morgan fingerprint density at radius 3 is 2.49 bits per heavy atom. The number of carbonyl (C=O) groups excluding carboxylic acids is 3. The molecule has 0 saturated heterocycles. The lowest BCUT2D eigenvalue weighted by Gasteiger charge is -2.31.